The van der Waals surface area contributed by atoms with Gasteiger partial charge in [-0.25, -0.2) is 0 Å². The van der Waals surface area contributed by atoms with Gasteiger partial charge in [0, 0.05) is 0 Å². The zero-order valence-electron chi connectivity index (χ0n) is 8.09. The maximum absolute atomic E-state index is 10.5. The van der Waals surface area contributed by atoms with E-state index in [9.17, 15) is 4.79 Å². The van der Waals surface area contributed by atoms with Crippen molar-refractivity contribution < 1.29 is 14.6 Å². The second-order valence-corrected chi connectivity index (χ2v) is 3.14. The molecule has 0 saturated heterocycles. The zero-order valence-corrected chi connectivity index (χ0v) is 8.09. The molecule has 0 amide bonds. The number of aliphatic hydroxyl groups excluding tert-OH is 1. The molecule has 0 aliphatic rings. The number of carbonyl (C=O) groups is 1. The zero-order chi connectivity index (χ0) is 10.4. The van der Waals surface area contributed by atoms with E-state index < -0.39 is 12.2 Å². The smallest absolute Gasteiger partial charge is 0.151 e. The van der Waals surface area contributed by atoms with E-state index in [0.29, 0.717) is 12.9 Å². The molecule has 0 saturated carbocycles. The van der Waals surface area contributed by atoms with Crippen LogP contribution in [0, 0.1) is 0 Å². The van der Waals surface area contributed by atoms with Gasteiger partial charge in [-0.15, -0.1) is 0 Å². The average Bonchev–Trinajstić information content (AvgIpc) is 2.20. The summed E-state index contributed by atoms with van der Waals surface area (Å²) in [7, 11) is 0. The van der Waals surface area contributed by atoms with Crippen LogP contribution in [0.25, 0.3) is 0 Å². The molecule has 3 nitrogen and oxygen atoms in total. The van der Waals surface area contributed by atoms with Crippen LogP contribution < -0.4 is 0 Å². The van der Waals surface area contributed by atoms with Crippen LogP contribution in [0.5, 0.6) is 0 Å². The molecule has 1 aromatic rings. The predicted octanol–water partition coefficient (Wildman–Crippen LogP) is 1.15. The molecule has 0 aromatic heterocycles. The molecule has 0 fully saturated rings. The molecule has 0 aliphatic carbocycles. The van der Waals surface area contributed by atoms with Gasteiger partial charge in [0.2, 0.25) is 0 Å². The summed E-state index contributed by atoms with van der Waals surface area (Å²) in [6.07, 6.45) is -0.889. The van der Waals surface area contributed by atoms with Gasteiger partial charge in [-0.3, -0.25) is 0 Å². The maximum Gasteiger partial charge on any atom is 0.151 e. The monoisotopic (exact) mass is 194 g/mol. The van der Waals surface area contributed by atoms with Crippen molar-refractivity contribution >= 4 is 6.29 Å². The van der Waals surface area contributed by atoms with Crippen LogP contribution in [-0.4, -0.2) is 23.6 Å². The highest BCUT2D eigenvalue weighted by molar-refractivity contribution is 5.56. The Morgan fingerprint density at radius 1 is 1.43 bits per heavy atom. The van der Waals surface area contributed by atoms with Crippen molar-refractivity contribution in [2.75, 3.05) is 0 Å². The number of carbonyl (C=O) groups excluding carboxylic acids is 1. The van der Waals surface area contributed by atoms with Crippen LogP contribution in [0.3, 0.4) is 0 Å². The highest BCUT2D eigenvalue weighted by atomic mass is 16.5. The van der Waals surface area contributed by atoms with Crippen molar-refractivity contribution in [2.45, 2.75) is 25.7 Å². The van der Waals surface area contributed by atoms with Gasteiger partial charge in [0.05, 0.1) is 12.7 Å². The summed E-state index contributed by atoms with van der Waals surface area (Å²) in [5.41, 5.74) is 0.986. The standard InChI is InChI=1S/C11H14O3/c1-9(13)11(7-12)14-8-10-5-3-2-4-6-10/h2-7,9,11,13H,8H2,1H3/t9-,11+/m1/s1. The van der Waals surface area contributed by atoms with Gasteiger partial charge in [-0.2, -0.15) is 0 Å². The molecule has 0 heterocycles. The molecule has 0 radical (unpaired) electrons. The fourth-order valence-corrected chi connectivity index (χ4v) is 1.06. The number of aliphatic hydroxyl groups is 1. The molecule has 2 atom stereocenters. The highest BCUT2D eigenvalue weighted by Crippen LogP contribution is 2.04. The summed E-state index contributed by atoms with van der Waals surface area (Å²) in [5, 5.41) is 9.13. The minimum absolute atomic E-state index is 0.342. The van der Waals surface area contributed by atoms with Crippen LogP contribution in [0.4, 0.5) is 0 Å². The van der Waals surface area contributed by atoms with Gasteiger partial charge in [0.15, 0.2) is 6.29 Å². The van der Waals surface area contributed by atoms with E-state index >= 15 is 0 Å². The highest BCUT2D eigenvalue weighted by Gasteiger charge is 2.13. The molecule has 3 heteroatoms. The molecule has 0 aliphatic heterocycles. The van der Waals surface area contributed by atoms with Crippen molar-refractivity contribution in [3.63, 3.8) is 0 Å². The lowest BCUT2D eigenvalue weighted by molar-refractivity contribution is -0.125. The van der Waals surface area contributed by atoms with Gasteiger partial charge >= 0.3 is 0 Å². The summed E-state index contributed by atoms with van der Waals surface area (Å²) in [6, 6.07) is 9.52. The molecule has 0 spiro atoms. The fraction of sp³-hybridized carbons (Fsp3) is 0.364. The summed E-state index contributed by atoms with van der Waals surface area (Å²) < 4.78 is 5.22. The molecule has 0 unspecified atom stereocenters. The Kier molecular flexibility index (Phi) is 4.29. The van der Waals surface area contributed by atoms with Gasteiger partial charge in [-0.1, -0.05) is 30.3 Å². The Morgan fingerprint density at radius 3 is 2.57 bits per heavy atom. The van der Waals surface area contributed by atoms with Crippen LogP contribution in [0.1, 0.15) is 12.5 Å². The second kappa shape index (κ2) is 5.52. The first kappa shape index (κ1) is 10.9. The van der Waals surface area contributed by atoms with E-state index in [2.05, 4.69) is 0 Å². The third-order valence-electron chi connectivity index (χ3n) is 1.89. The topological polar surface area (TPSA) is 46.5 Å². The Labute approximate surface area is 83.3 Å². The van der Waals surface area contributed by atoms with Crippen molar-refractivity contribution in [3.8, 4) is 0 Å². The first-order valence-electron chi connectivity index (χ1n) is 4.53. The Morgan fingerprint density at radius 2 is 2.07 bits per heavy atom. The SMILES string of the molecule is C[C@@H](O)[C@H](C=O)OCc1ccccc1. The molecular weight excluding hydrogens is 180 g/mol. The number of benzene rings is 1. The number of ether oxygens (including phenoxy) is 1. The third-order valence-corrected chi connectivity index (χ3v) is 1.89. The fourth-order valence-electron chi connectivity index (χ4n) is 1.06. The van der Waals surface area contributed by atoms with Crippen molar-refractivity contribution in [1.82, 2.24) is 0 Å². The van der Waals surface area contributed by atoms with Crippen molar-refractivity contribution in [1.29, 1.82) is 0 Å². The lowest BCUT2D eigenvalue weighted by Gasteiger charge is -2.14. The summed E-state index contributed by atoms with van der Waals surface area (Å²) >= 11 is 0. The normalized spacial score (nSPS) is 14.7. The van der Waals surface area contributed by atoms with Crippen LogP contribution in [0.15, 0.2) is 30.3 Å². The Bertz CT molecular complexity index is 269. The van der Waals surface area contributed by atoms with Gasteiger partial charge in [0.25, 0.3) is 0 Å². The molecular formula is C11H14O3. The Balaban J connectivity index is 2.43. The van der Waals surface area contributed by atoms with Gasteiger partial charge < -0.3 is 14.6 Å². The average molecular weight is 194 g/mol. The van der Waals surface area contributed by atoms with E-state index in [1.54, 1.807) is 0 Å². The first-order chi connectivity index (χ1) is 6.74. The largest absolute Gasteiger partial charge is 0.390 e. The first-order valence-corrected chi connectivity index (χ1v) is 4.53. The van der Waals surface area contributed by atoms with Crippen LogP contribution >= 0.6 is 0 Å². The van der Waals surface area contributed by atoms with E-state index in [1.807, 2.05) is 30.3 Å². The lowest BCUT2D eigenvalue weighted by Crippen LogP contribution is -2.27. The molecule has 0 bridgehead atoms. The predicted molar refractivity (Wildman–Crippen MR) is 52.8 cm³/mol. The quantitative estimate of drug-likeness (QED) is 0.715. The molecule has 1 rings (SSSR count). The Hall–Kier alpha value is -1.19. The number of hydrogen-bond donors (Lipinski definition) is 1. The van der Waals surface area contributed by atoms with Crippen molar-refractivity contribution in [3.05, 3.63) is 35.9 Å². The minimum atomic E-state index is -0.767. The van der Waals surface area contributed by atoms with Gasteiger partial charge in [0.1, 0.15) is 6.10 Å². The molecule has 1 aromatic carbocycles. The van der Waals surface area contributed by atoms with Crippen LogP contribution in [-0.2, 0) is 16.1 Å². The lowest BCUT2D eigenvalue weighted by atomic mass is 10.2. The molecule has 14 heavy (non-hydrogen) atoms. The minimum Gasteiger partial charge on any atom is -0.390 e. The van der Waals surface area contributed by atoms with Gasteiger partial charge in [-0.05, 0) is 12.5 Å². The summed E-state index contributed by atoms with van der Waals surface area (Å²) in [6.45, 7) is 1.87. The summed E-state index contributed by atoms with van der Waals surface area (Å²) in [4.78, 5) is 10.5. The van der Waals surface area contributed by atoms with E-state index in [-0.39, 0.29) is 0 Å². The summed E-state index contributed by atoms with van der Waals surface area (Å²) in [5.74, 6) is 0. The molecule has 1 N–H and O–H groups in total. The van der Waals surface area contributed by atoms with E-state index in [0.717, 1.165) is 5.56 Å². The van der Waals surface area contributed by atoms with E-state index in [4.69, 9.17) is 9.84 Å². The molecule has 76 valence electrons. The number of rotatable bonds is 5. The number of hydrogen-bond acceptors (Lipinski definition) is 3. The van der Waals surface area contributed by atoms with Crippen LogP contribution in [0.2, 0.25) is 0 Å². The maximum atomic E-state index is 10.5. The van der Waals surface area contributed by atoms with Crippen molar-refractivity contribution in [2.24, 2.45) is 0 Å². The van der Waals surface area contributed by atoms with E-state index in [1.165, 1.54) is 6.92 Å². The number of aldehydes is 1. The third kappa shape index (κ3) is 3.28. The second-order valence-electron chi connectivity index (χ2n) is 3.14.